The van der Waals surface area contributed by atoms with Crippen molar-refractivity contribution in [2.45, 2.75) is 12.6 Å². The van der Waals surface area contributed by atoms with Crippen LogP contribution in [0.5, 0.6) is 5.75 Å². The average Bonchev–Trinajstić information content (AvgIpc) is 2.64. The summed E-state index contributed by atoms with van der Waals surface area (Å²) < 4.78 is 72.5. The first-order valence-corrected chi connectivity index (χ1v) is 10.6. The molecule has 0 amide bonds. The first kappa shape index (κ1) is 22.1. The van der Waals surface area contributed by atoms with Crippen LogP contribution in [0.15, 0.2) is 51.7 Å². The van der Waals surface area contributed by atoms with Crippen molar-refractivity contribution in [2.24, 2.45) is 5.14 Å². The molecule has 0 bridgehead atoms. The summed E-state index contributed by atoms with van der Waals surface area (Å²) in [5.74, 6) is -0.674. The molecular weight excluding hydrogens is 447 g/mol. The molecule has 3 rings (SSSR count). The second-order valence-corrected chi connectivity index (χ2v) is 8.51. The van der Waals surface area contributed by atoms with Crippen LogP contribution in [-0.4, -0.2) is 20.8 Å². The van der Waals surface area contributed by atoms with Gasteiger partial charge in [0.25, 0.3) is 0 Å². The Morgan fingerprint density at radius 1 is 1.13 bits per heavy atom. The fourth-order valence-electron chi connectivity index (χ4n) is 2.74. The van der Waals surface area contributed by atoms with E-state index in [9.17, 15) is 26.4 Å². The fraction of sp³-hybridized carbons (Fsp3) is 0.211. The van der Waals surface area contributed by atoms with Crippen molar-refractivity contribution in [1.82, 2.24) is 0 Å². The largest absolute Gasteiger partial charge is 0.493 e. The molecule has 0 unspecified atom stereocenters. The summed E-state index contributed by atoms with van der Waals surface area (Å²) in [5, 5.41) is 5.28. The Bertz CT molecular complexity index is 1260. The van der Waals surface area contributed by atoms with Crippen LogP contribution in [0.1, 0.15) is 12.0 Å². The molecule has 0 aliphatic heterocycles. The van der Waals surface area contributed by atoms with Crippen molar-refractivity contribution in [2.75, 3.05) is 12.4 Å². The van der Waals surface area contributed by atoms with E-state index in [-0.39, 0.29) is 46.1 Å². The van der Waals surface area contributed by atoms with E-state index in [1.54, 1.807) is 6.07 Å². The minimum Gasteiger partial charge on any atom is -0.493 e. The minimum atomic E-state index is -4.63. The summed E-state index contributed by atoms with van der Waals surface area (Å²) in [6, 6.07) is 8.39. The number of hydrogen-bond acceptors (Lipinski definition) is 5. The topological polar surface area (TPSA) is 99.6 Å². The van der Waals surface area contributed by atoms with Gasteiger partial charge >= 0.3 is 6.18 Å². The number of hydrogen-bond donors (Lipinski definition) is 1. The van der Waals surface area contributed by atoms with E-state index in [1.165, 1.54) is 12.1 Å². The highest BCUT2D eigenvalue weighted by molar-refractivity contribution is 7.89. The molecule has 0 spiro atoms. The molecule has 0 atom stereocenters. The summed E-state index contributed by atoms with van der Waals surface area (Å²) in [5.41, 5.74) is -1.25. The van der Waals surface area contributed by atoms with Crippen LogP contribution in [0.25, 0.3) is 22.3 Å². The number of alkyl halides is 3. The van der Waals surface area contributed by atoms with E-state index in [0.29, 0.717) is 0 Å². The van der Waals surface area contributed by atoms with Gasteiger partial charge in [0.15, 0.2) is 11.0 Å². The van der Waals surface area contributed by atoms with Gasteiger partial charge in [0.2, 0.25) is 10.0 Å². The van der Waals surface area contributed by atoms with Crippen LogP contribution < -0.4 is 15.3 Å². The molecule has 0 aliphatic carbocycles. The Labute approximate surface area is 174 Å². The number of fused-ring (bicyclic) bond motifs is 1. The summed E-state index contributed by atoms with van der Waals surface area (Å²) in [7, 11) is -3.74. The lowest BCUT2D eigenvalue weighted by Gasteiger charge is -2.14. The number of para-hydroxylation sites is 1. The van der Waals surface area contributed by atoms with Crippen LogP contribution in [0.3, 0.4) is 0 Å². The maximum Gasteiger partial charge on any atom is 0.416 e. The van der Waals surface area contributed by atoms with Crippen molar-refractivity contribution < 1.29 is 30.7 Å². The van der Waals surface area contributed by atoms with Gasteiger partial charge in [0.1, 0.15) is 11.5 Å². The fourth-order valence-corrected chi connectivity index (χ4v) is 3.47. The van der Waals surface area contributed by atoms with E-state index >= 15 is 0 Å². The summed E-state index contributed by atoms with van der Waals surface area (Å²) in [4.78, 5) is 12.4. The van der Waals surface area contributed by atoms with E-state index < -0.39 is 32.9 Å². The third-order valence-electron chi connectivity index (χ3n) is 4.11. The Hall–Kier alpha value is -2.56. The maximum atomic E-state index is 13.1. The van der Waals surface area contributed by atoms with Crippen LogP contribution in [0.2, 0.25) is 5.02 Å². The van der Waals surface area contributed by atoms with Gasteiger partial charge in [-0.2, -0.15) is 13.2 Å². The third-order valence-corrected chi connectivity index (χ3v) is 5.27. The molecule has 6 nitrogen and oxygen atoms in total. The Morgan fingerprint density at radius 2 is 1.87 bits per heavy atom. The number of rotatable bonds is 6. The quantitative estimate of drug-likeness (QED) is 0.555. The molecule has 1 aromatic heterocycles. The molecule has 1 heterocycles. The summed E-state index contributed by atoms with van der Waals surface area (Å²) >= 11 is 6.08. The number of benzene rings is 2. The van der Waals surface area contributed by atoms with Crippen LogP contribution in [0, 0.1) is 0 Å². The van der Waals surface area contributed by atoms with Gasteiger partial charge in [0.05, 0.1) is 33.9 Å². The second kappa shape index (κ2) is 8.29. The minimum absolute atomic E-state index is 0.0397. The van der Waals surface area contributed by atoms with Crippen LogP contribution in [0.4, 0.5) is 13.2 Å². The van der Waals surface area contributed by atoms with E-state index in [4.69, 9.17) is 25.9 Å². The monoisotopic (exact) mass is 461 g/mol. The lowest BCUT2D eigenvalue weighted by atomic mass is 10.1. The molecule has 11 heteroatoms. The second-order valence-electron chi connectivity index (χ2n) is 6.37. The number of primary sulfonamides is 1. The van der Waals surface area contributed by atoms with Crippen molar-refractivity contribution in [3.63, 3.8) is 0 Å². The van der Waals surface area contributed by atoms with Crippen molar-refractivity contribution in [3.05, 3.63) is 63.3 Å². The summed E-state index contributed by atoms with van der Waals surface area (Å²) in [6.45, 7) is -0.219. The highest BCUT2D eigenvalue weighted by Crippen LogP contribution is 2.38. The molecule has 2 N–H and O–H groups in total. The van der Waals surface area contributed by atoms with Gasteiger partial charge in [-0.05, 0) is 36.8 Å². The molecule has 0 radical (unpaired) electrons. The Kier molecular flexibility index (Phi) is 6.11. The Morgan fingerprint density at radius 3 is 2.53 bits per heavy atom. The van der Waals surface area contributed by atoms with Gasteiger partial charge in [-0.3, -0.25) is 4.79 Å². The molecule has 0 saturated carbocycles. The van der Waals surface area contributed by atoms with Gasteiger partial charge in [-0.15, -0.1) is 0 Å². The molecule has 30 heavy (non-hydrogen) atoms. The molecule has 0 aliphatic rings. The number of nitrogens with two attached hydrogens (primary N) is 1. The Balaban J connectivity index is 2.06. The van der Waals surface area contributed by atoms with Gasteiger partial charge in [-0.1, -0.05) is 17.7 Å². The van der Waals surface area contributed by atoms with Crippen molar-refractivity contribution in [1.29, 1.82) is 0 Å². The highest BCUT2D eigenvalue weighted by Gasteiger charge is 2.31. The van der Waals surface area contributed by atoms with Gasteiger partial charge in [-0.25, -0.2) is 13.6 Å². The van der Waals surface area contributed by atoms with E-state index in [2.05, 4.69) is 0 Å². The molecular formula is C19H15ClF3NO5S. The number of sulfonamides is 1. The smallest absolute Gasteiger partial charge is 0.416 e. The zero-order valence-corrected chi connectivity index (χ0v) is 16.8. The SMILES string of the molecule is NS(=O)(=O)CCCOc1cc(C(F)(F)F)ccc1-c1cc(=O)c2cccc(Cl)c2o1. The lowest BCUT2D eigenvalue weighted by Crippen LogP contribution is -2.18. The van der Waals surface area contributed by atoms with Crippen molar-refractivity contribution >= 4 is 32.6 Å². The molecule has 0 fully saturated rings. The molecule has 3 aromatic rings. The number of ether oxygens (including phenoxy) is 1. The predicted octanol–water partition coefficient (Wildman–Crippen LogP) is 4.19. The standard InChI is InChI=1S/C19H15ClF3NO5S/c20-14-4-1-3-12-15(25)10-17(29-18(12)14)13-6-5-11(19(21,22)23)9-16(13)28-7-2-8-30(24,26)27/h1,3-6,9-10H,2,7-8H2,(H2,24,26,27). The molecule has 160 valence electrons. The molecule has 0 saturated heterocycles. The van der Waals surface area contributed by atoms with E-state index in [0.717, 1.165) is 24.3 Å². The van der Waals surface area contributed by atoms with Gasteiger partial charge < -0.3 is 9.15 Å². The van der Waals surface area contributed by atoms with E-state index in [1.807, 2.05) is 0 Å². The zero-order chi connectivity index (χ0) is 22.1. The zero-order valence-electron chi connectivity index (χ0n) is 15.2. The molecule has 2 aromatic carbocycles. The maximum absolute atomic E-state index is 13.1. The first-order valence-electron chi connectivity index (χ1n) is 8.53. The van der Waals surface area contributed by atoms with Crippen LogP contribution >= 0.6 is 11.6 Å². The average molecular weight is 462 g/mol. The highest BCUT2D eigenvalue weighted by atomic mass is 35.5. The van der Waals surface area contributed by atoms with Crippen LogP contribution in [-0.2, 0) is 16.2 Å². The summed E-state index contributed by atoms with van der Waals surface area (Å²) in [6.07, 6.45) is -4.67. The van der Waals surface area contributed by atoms with Crippen molar-refractivity contribution in [3.8, 4) is 17.1 Å². The van der Waals surface area contributed by atoms with Gasteiger partial charge in [0, 0.05) is 6.07 Å². The third kappa shape index (κ3) is 5.13. The number of halogens is 4. The lowest BCUT2D eigenvalue weighted by molar-refractivity contribution is -0.137. The normalized spacial score (nSPS) is 12.3. The predicted molar refractivity (Wildman–Crippen MR) is 106 cm³/mol. The first-order chi connectivity index (χ1) is 14.0.